The molecule has 0 spiro atoms. The summed E-state index contributed by atoms with van der Waals surface area (Å²) in [6, 6.07) is 29.6. The third kappa shape index (κ3) is 4.12. The van der Waals surface area contributed by atoms with Crippen molar-refractivity contribution in [1.29, 1.82) is 0 Å². The fraction of sp³-hybridized carbons (Fsp3) is 0.0968. The number of rotatable bonds is 5. The molecule has 0 radical (unpaired) electrons. The van der Waals surface area contributed by atoms with Crippen molar-refractivity contribution in [3.05, 3.63) is 114 Å². The van der Waals surface area contributed by atoms with Crippen LogP contribution in [0.25, 0.3) is 38.9 Å². The minimum absolute atomic E-state index is 0.144. The second-order valence-corrected chi connectivity index (χ2v) is 9.10. The van der Waals surface area contributed by atoms with Gasteiger partial charge in [-0.25, -0.2) is 0 Å². The van der Waals surface area contributed by atoms with Crippen molar-refractivity contribution >= 4 is 28.3 Å². The Morgan fingerprint density at radius 1 is 0.892 bits per heavy atom. The van der Waals surface area contributed by atoms with Crippen LogP contribution in [0.15, 0.2) is 103 Å². The number of nitrogens with zero attached hydrogens (tertiary/aromatic N) is 3. The van der Waals surface area contributed by atoms with Crippen LogP contribution in [0.4, 0.5) is 0 Å². The van der Waals surface area contributed by atoms with Crippen LogP contribution < -0.4 is 5.32 Å². The Bertz CT molecular complexity index is 1680. The smallest absolute Gasteiger partial charge is 0.279 e. The first-order valence-corrected chi connectivity index (χ1v) is 12.2. The predicted molar refractivity (Wildman–Crippen MR) is 145 cm³/mol. The second kappa shape index (κ2) is 9.32. The van der Waals surface area contributed by atoms with Crippen LogP contribution in [0, 0.1) is 0 Å². The van der Waals surface area contributed by atoms with E-state index in [2.05, 4.69) is 10.3 Å². The van der Waals surface area contributed by atoms with Crippen LogP contribution in [0.5, 0.6) is 0 Å². The summed E-state index contributed by atoms with van der Waals surface area (Å²) in [7, 11) is 0. The zero-order valence-corrected chi connectivity index (χ0v) is 20.3. The molecule has 180 valence electrons. The number of carbonyl (C=O) groups excluding carboxylic acids is 2. The minimum atomic E-state index is -0.204. The van der Waals surface area contributed by atoms with Gasteiger partial charge in [0.15, 0.2) is 0 Å². The van der Waals surface area contributed by atoms with Crippen molar-refractivity contribution in [2.75, 3.05) is 6.54 Å². The molecular formula is C31H24N4O2. The molecule has 0 fully saturated rings. The van der Waals surface area contributed by atoms with Gasteiger partial charge in [0.1, 0.15) is 5.69 Å². The summed E-state index contributed by atoms with van der Waals surface area (Å²) in [6.07, 6.45) is 2.23. The molecule has 0 saturated carbocycles. The summed E-state index contributed by atoms with van der Waals surface area (Å²) in [6.45, 7) is 1.77. The SMILES string of the molecule is CC(=O)NCC1=C(c2ccc3ncccc3c2)C(=O)n2nc(-c3ccccc3)c(-c3ccccc3)c2C1. The van der Waals surface area contributed by atoms with Crippen LogP contribution in [0.1, 0.15) is 23.0 Å². The van der Waals surface area contributed by atoms with E-state index in [9.17, 15) is 9.59 Å². The molecule has 1 aliphatic rings. The second-order valence-electron chi connectivity index (χ2n) is 9.10. The molecule has 0 saturated heterocycles. The first-order chi connectivity index (χ1) is 18.1. The van der Waals surface area contributed by atoms with Crippen molar-refractivity contribution in [2.24, 2.45) is 0 Å². The van der Waals surface area contributed by atoms with Crippen molar-refractivity contribution in [2.45, 2.75) is 13.3 Å². The Hall–Kier alpha value is -4.84. The van der Waals surface area contributed by atoms with Gasteiger partial charge in [-0.2, -0.15) is 9.78 Å². The number of fused-ring (bicyclic) bond motifs is 2. The summed E-state index contributed by atoms with van der Waals surface area (Å²) in [5.41, 5.74) is 7.51. The van der Waals surface area contributed by atoms with Gasteiger partial charge in [-0.05, 0) is 34.9 Å². The van der Waals surface area contributed by atoms with E-state index in [1.54, 1.807) is 10.9 Å². The number of hydrogen-bond acceptors (Lipinski definition) is 4. The average molecular weight is 485 g/mol. The van der Waals surface area contributed by atoms with Crippen molar-refractivity contribution < 1.29 is 9.59 Å². The topological polar surface area (TPSA) is 76.9 Å². The minimum Gasteiger partial charge on any atom is -0.353 e. The van der Waals surface area contributed by atoms with E-state index in [0.29, 0.717) is 12.0 Å². The number of carbonyl (C=O) groups is 2. The highest BCUT2D eigenvalue weighted by atomic mass is 16.2. The van der Waals surface area contributed by atoms with E-state index < -0.39 is 0 Å². The summed E-state index contributed by atoms with van der Waals surface area (Å²) in [4.78, 5) is 30.4. The first kappa shape index (κ1) is 22.6. The summed E-state index contributed by atoms with van der Waals surface area (Å²) in [5, 5.41) is 8.73. The van der Waals surface area contributed by atoms with E-state index >= 15 is 0 Å². The molecule has 5 aromatic rings. The van der Waals surface area contributed by atoms with Gasteiger partial charge in [0, 0.05) is 42.6 Å². The molecular weight excluding hydrogens is 460 g/mol. The van der Waals surface area contributed by atoms with E-state index in [1.807, 2.05) is 91.0 Å². The van der Waals surface area contributed by atoms with Crippen LogP contribution in [-0.2, 0) is 11.2 Å². The van der Waals surface area contributed by atoms with Gasteiger partial charge in [-0.3, -0.25) is 14.6 Å². The Balaban J connectivity index is 1.56. The zero-order valence-electron chi connectivity index (χ0n) is 20.3. The van der Waals surface area contributed by atoms with E-state index in [4.69, 9.17) is 5.10 Å². The first-order valence-electron chi connectivity index (χ1n) is 12.2. The summed E-state index contributed by atoms with van der Waals surface area (Å²) in [5.74, 6) is -0.349. The van der Waals surface area contributed by atoms with Crippen LogP contribution in [0.3, 0.4) is 0 Å². The molecule has 1 amide bonds. The van der Waals surface area contributed by atoms with Gasteiger partial charge < -0.3 is 5.32 Å². The van der Waals surface area contributed by atoms with Gasteiger partial charge in [0.2, 0.25) is 5.91 Å². The third-order valence-electron chi connectivity index (χ3n) is 6.67. The van der Waals surface area contributed by atoms with Crippen LogP contribution in [-0.4, -0.2) is 33.1 Å². The molecule has 37 heavy (non-hydrogen) atoms. The molecule has 0 unspecified atom stereocenters. The molecule has 1 N–H and O–H groups in total. The monoisotopic (exact) mass is 484 g/mol. The third-order valence-corrected chi connectivity index (χ3v) is 6.67. The number of benzene rings is 3. The average Bonchev–Trinajstić information content (AvgIpc) is 3.32. The highest BCUT2D eigenvalue weighted by molar-refractivity contribution is 6.23. The van der Waals surface area contributed by atoms with Crippen molar-refractivity contribution in [3.63, 3.8) is 0 Å². The molecule has 0 aliphatic carbocycles. The number of nitrogens with one attached hydrogen (secondary N) is 1. The van der Waals surface area contributed by atoms with Gasteiger partial charge >= 0.3 is 0 Å². The maximum Gasteiger partial charge on any atom is 0.279 e. The van der Waals surface area contributed by atoms with Crippen LogP contribution >= 0.6 is 0 Å². The Labute approximate surface area is 214 Å². The highest BCUT2D eigenvalue weighted by Crippen LogP contribution is 2.40. The van der Waals surface area contributed by atoms with Gasteiger partial charge in [0.25, 0.3) is 5.91 Å². The number of pyridine rings is 1. The predicted octanol–water partition coefficient (Wildman–Crippen LogP) is 5.55. The largest absolute Gasteiger partial charge is 0.353 e. The van der Waals surface area contributed by atoms with E-state index in [0.717, 1.165) is 50.1 Å². The number of aromatic nitrogens is 3. The normalized spacial score (nSPS) is 13.1. The zero-order chi connectivity index (χ0) is 25.4. The lowest BCUT2D eigenvalue weighted by atomic mass is 9.89. The quantitative estimate of drug-likeness (QED) is 0.355. The number of hydrogen-bond donors (Lipinski definition) is 1. The maximum atomic E-state index is 14.2. The Morgan fingerprint density at radius 3 is 2.35 bits per heavy atom. The van der Waals surface area contributed by atoms with E-state index in [-0.39, 0.29) is 18.4 Å². The lowest BCUT2D eigenvalue weighted by Gasteiger charge is -2.22. The van der Waals surface area contributed by atoms with Gasteiger partial charge in [-0.1, -0.05) is 72.8 Å². The maximum absolute atomic E-state index is 14.2. The Kier molecular flexibility index (Phi) is 5.69. The molecule has 3 heterocycles. The lowest BCUT2D eigenvalue weighted by Crippen LogP contribution is -2.30. The lowest BCUT2D eigenvalue weighted by molar-refractivity contribution is -0.118. The summed E-state index contributed by atoms with van der Waals surface area (Å²) >= 11 is 0. The summed E-state index contributed by atoms with van der Waals surface area (Å²) < 4.78 is 1.55. The van der Waals surface area contributed by atoms with Crippen molar-refractivity contribution in [1.82, 2.24) is 20.1 Å². The number of allylic oxidation sites excluding steroid dienone is 1. The van der Waals surface area contributed by atoms with Gasteiger partial charge in [0.05, 0.1) is 16.8 Å². The molecule has 2 aromatic heterocycles. The standard InChI is InChI=1S/C31H24N4O2/c1-20(36)33-19-25-18-27-29(21-9-4-2-5-10-21)30(22-11-6-3-7-12-22)34-35(27)31(37)28(25)24-14-15-26-23(17-24)13-8-16-32-26/h2-17H,18-19H2,1H3,(H,33,36). The molecule has 3 aromatic carbocycles. The molecule has 1 aliphatic heterocycles. The van der Waals surface area contributed by atoms with Crippen molar-refractivity contribution in [3.8, 4) is 22.4 Å². The molecule has 6 heteroatoms. The Morgan fingerprint density at radius 2 is 1.62 bits per heavy atom. The molecule has 6 rings (SSSR count). The fourth-order valence-corrected chi connectivity index (χ4v) is 4.98. The highest BCUT2D eigenvalue weighted by Gasteiger charge is 2.32. The fourth-order valence-electron chi connectivity index (χ4n) is 4.98. The molecule has 0 atom stereocenters. The molecule has 6 nitrogen and oxygen atoms in total. The number of amides is 1. The molecule has 0 bridgehead atoms. The van der Waals surface area contributed by atoms with Crippen LogP contribution in [0.2, 0.25) is 0 Å². The van der Waals surface area contributed by atoms with E-state index in [1.165, 1.54) is 6.92 Å². The van der Waals surface area contributed by atoms with Gasteiger partial charge in [-0.15, -0.1) is 0 Å².